The second kappa shape index (κ2) is 4.91. The third-order valence-corrected chi connectivity index (χ3v) is 3.39. The highest BCUT2D eigenvalue weighted by Gasteiger charge is 2.12. The van der Waals surface area contributed by atoms with Crippen LogP contribution in [0.25, 0.3) is 0 Å². The molecule has 0 aliphatic carbocycles. The molecule has 0 saturated carbocycles. The molecule has 2 aromatic rings. The van der Waals surface area contributed by atoms with Crippen LogP contribution in [0.5, 0.6) is 0 Å². The summed E-state index contributed by atoms with van der Waals surface area (Å²) in [5, 5.41) is 0. The first-order valence-corrected chi connectivity index (χ1v) is 6.70. The normalized spacial score (nSPS) is 11.3. The molecule has 0 amide bonds. The number of rotatable bonds is 3. The van der Waals surface area contributed by atoms with Crippen LogP contribution in [0.2, 0.25) is 0 Å². The molecule has 2 aromatic carbocycles. The van der Waals surface area contributed by atoms with E-state index in [1.807, 2.05) is 0 Å². The Morgan fingerprint density at radius 2 is 1.32 bits per heavy atom. The van der Waals surface area contributed by atoms with Crippen molar-refractivity contribution in [3.63, 3.8) is 0 Å². The van der Waals surface area contributed by atoms with Crippen molar-refractivity contribution >= 4 is 15.9 Å². The van der Waals surface area contributed by atoms with Crippen LogP contribution in [0.4, 0.5) is 4.39 Å². The van der Waals surface area contributed by atoms with Crippen LogP contribution >= 0.6 is 0 Å². The van der Waals surface area contributed by atoms with Gasteiger partial charge in [0.05, 0.1) is 4.90 Å². The monoisotopic (exact) mass is 280 g/mol. The standard InChI is InChI=1S/C13H9FO4S/c14-11-5-1-9(2-6-11)13(15)10-3-7-12(8-4-10)19(16,17)18/h1-8H,(H,16,17,18). The summed E-state index contributed by atoms with van der Waals surface area (Å²) < 4.78 is 43.2. The lowest BCUT2D eigenvalue weighted by atomic mass is 10.0. The van der Waals surface area contributed by atoms with Gasteiger partial charge in [-0.3, -0.25) is 9.35 Å². The molecule has 0 saturated heterocycles. The molecule has 0 aromatic heterocycles. The van der Waals surface area contributed by atoms with E-state index in [2.05, 4.69) is 0 Å². The number of hydrogen-bond acceptors (Lipinski definition) is 3. The average Bonchev–Trinajstić information content (AvgIpc) is 2.38. The summed E-state index contributed by atoms with van der Waals surface area (Å²) in [5.41, 5.74) is 0.542. The summed E-state index contributed by atoms with van der Waals surface area (Å²) in [7, 11) is -4.28. The molecule has 0 bridgehead atoms. The minimum Gasteiger partial charge on any atom is -0.289 e. The predicted octanol–water partition coefficient (Wildman–Crippen LogP) is 2.30. The van der Waals surface area contributed by atoms with Crippen molar-refractivity contribution in [1.29, 1.82) is 0 Å². The van der Waals surface area contributed by atoms with Gasteiger partial charge in [0.25, 0.3) is 10.1 Å². The molecule has 0 fully saturated rings. The Labute approximate surface area is 109 Å². The molecule has 0 aliphatic heterocycles. The van der Waals surface area contributed by atoms with E-state index in [1.54, 1.807) is 0 Å². The van der Waals surface area contributed by atoms with E-state index in [1.165, 1.54) is 36.4 Å². The second-order valence-electron chi connectivity index (χ2n) is 3.84. The molecule has 6 heteroatoms. The lowest BCUT2D eigenvalue weighted by molar-refractivity contribution is 0.103. The topological polar surface area (TPSA) is 71.4 Å². The molecule has 0 heterocycles. The van der Waals surface area contributed by atoms with Crippen molar-refractivity contribution in [3.8, 4) is 0 Å². The van der Waals surface area contributed by atoms with Crippen molar-refractivity contribution in [2.24, 2.45) is 0 Å². The maximum absolute atomic E-state index is 12.7. The van der Waals surface area contributed by atoms with Crippen molar-refractivity contribution in [2.75, 3.05) is 0 Å². The minimum atomic E-state index is -4.28. The summed E-state index contributed by atoms with van der Waals surface area (Å²) in [6.45, 7) is 0. The Bertz CT molecular complexity index is 703. The summed E-state index contributed by atoms with van der Waals surface area (Å²) in [5.74, 6) is -0.805. The van der Waals surface area contributed by atoms with E-state index >= 15 is 0 Å². The van der Waals surface area contributed by atoms with Crippen LogP contribution in [0, 0.1) is 5.82 Å². The van der Waals surface area contributed by atoms with Gasteiger partial charge in [0.1, 0.15) is 5.82 Å². The summed E-state index contributed by atoms with van der Waals surface area (Å²) in [6.07, 6.45) is 0. The van der Waals surface area contributed by atoms with Gasteiger partial charge in [-0.2, -0.15) is 8.42 Å². The van der Waals surface area contributed by atoms with Gasteiger partial charge in [-0.05, 0) is 48.5 Å². The highest BCUT2D eigenvalue weighted by atomic mass is 32.2. The van der Waals surface area contributed by atoms with Gasteiger partial charge in [0.2, 0.25) is 0 Å². The largest absolute Gasteiger partial charge is 0.294 e. The van der Waals surface area contributed by atoms with E-state index in [0.29, 0.717) is 5.56 Å². The third-order valence-electron chi connectivity index (χ3n) is 2.52. The van der Waals surface area contributed by atoms with E-state index in [0.717, 1.165) is 12.1 Å². The van der Waals surface area contributed by atoms with Gasteiger partial charge in [-0.15, -0.1) is 0 Å². The molecule has 0 unspecified atom stereocenters. The fraction of sp³-hybridized carbons (Fsp3) is 0. The molecular weight excluding hydrogens is 271 g/mol. The Morgan fingerprint density at radius 1 is 0.895 bits per heavy atom. The fourth-order valence-corrected chi connectivity index (χ4v) is 2.03. The van der Waals surface area contributed by atoms with Crippen LogP contribution in [-0.2, 0) is 10.1 Å². The molecule has 0 atom stereocenters. The molecule has 19 heavy (non-hydrogen) atoms. The molecular formula is C13H9FO4S. The third kappa shape index (κ3) is 3.04. The summed E-state index contributed by atoms with van der Waals surface area (Å²) in [4.78, 5) is 11.7. The van der Waals surface area contributed by atoms with Gasteiger partial charge in [0.15, 0.2) is 5.78 Å². The van der Waals surface area contributed by atoms with E-state index in [4.69, 9.17) is 4.55 Å². The number of halogens is 1. The molecule has 2 rings (SSSR count). The van der Waals surface area contributed by atoms with Gasteiger partial charge >= 0.3 is 0 Å². The minimum absolute atomic E-state index is 0.249. The second-order valence-corrected chi connectivity index (χ2v) is 5.26. The zero-order chi connectivity index (χ0) is 14.0. The van der Waals surface area contributed by atoms with Crippen LogP contribution < -0.4 is 0 Å². The maximum atomic E-state index is 12.7. The Hall–Kier alpha value is -2.05. The lowest BCUT2D eigenvalue weighted by Crippen LogP contribution is -2.03. The molecule has 1 N–H and O–H groups in total. The average molecular weight is 280 g/mol. The SMILES string of the molecule is O=C(c1ccc(F)cc1)c1ccc(S(=O)(=O)O)cc1. The molecule has 4 nitrogen and oxygen atoms in total. The Kier molecular flexibility index (Phi) is 3.46. The number of carbonyl (C=O) groups is 1. The van der Waals surface area contributed by atoms with Crippen molar-refractivity contribution in [2.45, 2.75) is 4.90 Å². The van der Waals surface area contributed by atoms with Crippen LogP contribution in [0.3, 0.4) is 0 Å². The van der Waals surface area contributed by atoms with E-state index in [9.17, 15) is 17.6 Å². The molecule has 98 valence electrons. The maximum Gasteiger partial charge on any atom is 0.294 e. The van der Waals surface area contributed by atoms with E-state index in [-0.39, 0.29) is 16.2 Å². The molecule has 0 aliphatic rings. The van der Waals surface area contributed by atoms with Crippen molar-refractivity contribution in [3.05, 3.63) is 65.5 Å². The predicted molar refractivity (Wildman–Crippen MR) is 66.1 cm³/mol. The van der Waals surface area contributed by atoms with Gasteiger partial charge in [-0.25, -0.2) is 4.39 Å². The number of benzene rings is 2. The fourth-order valence-electron chi connectivity index (χ4n) is 1.55. The number of ketones is 1. The zero-order valence-electron chi connectivity index (χ0n) is 9.58. The lowest BCUT2D eigenvalue weighted by Gasteiger charge is -2.02. The van der Waals surface area contributed by atoms with E-state index < -0.39 is 15.9 Å². The first-order valence-electron chi connectivity index (χ1n) is 5.26. The smallest absolute Gasteiger partial charge is 0.289 e. The zero-order valence-corrected chi connectivity index (χ0v) is 10.4. The van der Waals surface area contributed by atoms with Crippen molar-refractivity contribution < 1.29 is 22.2 Å². The van der Waals surface area contributed by atoms with Gasteiger partial charge in [0, 0.05) is 11.1 Å². The molecule has 0 spiro atoms. The quantitative estimate of drug-likeness (QED) is 0.691. The molecule has 0 radical (unpaired) electrons. The van der Waals surface area contributed by atoms with Crippen LogP contribution in [0.15, 0.2) is 53.4 Å². The number of hydrogen-bond donors (Lipinski definition) is 1. The van der Waals surface area contributed by atoms with Gasteiger partial charge in [-0.1, -0.05) is 0 Å². The van der Waals surface area contributed by atoms with Gasteiger partial charge < -0.3 is 0 Å². The highest BCUT2D eigenvalue weighted by molar-refractivity contribution is 7.85. The summed E-state index contributed by atoms with van der Waals surface area (Å²) in [6, 6.07) is 9.85. The van der Waals surface area contributed by atoms with Crippen molar-refractivity contribution in [1.82, 2.24) is 0 Å². The highest BCUT2D eigenvalue weighted by Crippen LogP contribution is 2.14. The summed E-state index contributed by atoms with van der Waals surface area (Å²) >= 11 is 0. The first-order chi connectivity index (χ1) is 8.88. The Morgan fingerprint density at radius 3 is 1.74 bits per heavy atom. The number of carbonyl (C=O) groups excluding carboxylic acids is 1. The van der Waals surface area contributed by atoms with Crippen LogP contribution in [-0.4, -0.2) is 18.8 Å². The first kappa shape index (κ1) is 13.4. The van der Waals surface area contributed by atoms with Crippen LogP contribution in [0.1, 0.15) is 15.9 Å². The Balaban J connectivity index is 2.32.